The molecule has 1 saturated heterocycles. The highest BCUT2D eigenvalue weighted by Gasteiger charge is 2.23. The van der Waals surface area contributed by atoms with E-state index in [1.54, 1.807) is 4.90 Å². The molecule has 8 heteroatoms. The van der Waals surface area contributed by atoms with E-state index in [0.717, 1.165) is 18.6 Å². The topological polar surface area (TPSA) is 89.2 Å². The van der Waals surface area contributed by atoms with E-state index in [1.165, 1.54) is 5.56 Å². The van der Waals surface area contributed by atoms with Crippen LogP contribution in [0, 0.1) is 0 Å². The van der Waals surface area contributed by atoms with Crippen LogP contribution in [-0.4, -0.2) is 55.8 Å². The van der Waals surface area contributed by atoms with Gasteiger partial charge in [-0.3, -0.25) is 0 Å². The number of piperidine rings is 1. The number of carbonyl (C=O) groups excluding carboxylic acids is 1. The highest BCUT2D eigenvalue weighted by atomic mass is 127. The van der Waals surface area contributed by atoms with Gasteiger partial charge in [0.25, 0.3) is 0 Å². The van der Waals surface area contributed by atoms with Gasteiger partial charge < -0.3 is 25.4 Å². The molecule has 1 aromatic rings. The third-order valence-corrected chi connectivity index (χ3v) is 4.54. The standard InChI is InChI=1S/C20H32N4O3.HI/c1-4-26-20(25)24-12-9-16(10-13-24)23-19(21)22-11-14-27-18-8-6-5-7-17(18)15(2)3;/h5-8,15-16H,4,9-14H2,1-3H3,(H3,21,22,23);1H. The van der Waals surface area contributed by atoms with Crippen molar-refractivity contribution in [1.29, 1.82) is 0 Å². The minimum atomic E-state index is -0.239. The Balaban J connectivity index is 0.00000392. The number of nitrogens with one attached hydrogen (secondary N) is 1. The number of hydrogen-bond acceptors (Lipinski definition) is 4. The minimum Gasteiger partial charge on any atom is -0.491 e. The van der Waals surface area contributed by atoms with Crippen molar-refractivity contribution in [2.24, 2.45) is 10.7 Å². The van der Waals surface area contributed by atoms with Crippen molar-refractivity contribution in [2.75, 3.05) is 32.8 Å². The summed E-state index contributed by atoms with van der Waals surface area (Å²) in [6, 6.07) is 8.29. The number of guanidine groups is 1. The Morgan fingerprint density at radius 3 is 2.64 bits per heavy atom. The van der Waals surface area contributed by atoms with E-state index >= 15 is 0 Å². The van der Waals surface area contributed by atoms with E-state index in [1.807, 2.05) is 25.1 Å². The van der Waals surface area contributed by atoms with Crippen LogP contribution in [0.15, 0.2) is 29.3 Å². The first kappa shape index (κ1) is 24.3. The fraction of sp³-hybridized carbons (Fsp3) is 0.600. The average molecular weight is 504 g/mol. The maximum Gasteiger partial charge on any atom is 0.409 e. The van der Waals surface area contributed by atoms with Gasteiger partial charge in [0, 0.05) is 19.1 Å². The van der Waals surface area contributed by atoms with Gasteiger partial charge >= 0.3 is 6.09 Å². The van der Waals surface area contributed by atoms with E-state index in [2.05, 4.69) is 30.2 Å². The number of amides is 1. The molecule has 1 aliphatic heterocycles. The molecule has 0 aromatic heterocycles. The van der Waals surface area contributed by atoms with Crippen molar-refractivity contribution >= 4 is 36.0 Å². The van der Waals surface area contributed by atoms with Crippen LogP contribution in [0.5, 0.6) is 5.75 Å². The molecule has 0 spiro atoms. The van der Waals surface area contributed by atoms with Crippen LogP contribution in [0.25, 0.3) is 0 Å². The number of benzene rings is 1. The summed E-state index contributed by atoms with van der Waals surface area (Å²) < 4.78 is 10.9. The molecule has 0 radical (unpaired) electrons. The summed E-state index contributed by atoms with van der Waals surface area (Å²) in [4.78, 5) is 17.8. The Kier molecular flexibility index (Phi) is 11.0. The Labute approximate surface area is 185 Å². The Bertz CT molecular complexity index is 632. The second-order valence-electron chi connectivity index (χ2n) is 6.91. The molecule has 3 N–H and O–H groups in total. The molecule has 7 nitrogen and oxygen atoms in total. The Morgan fingerprint density at radius 1 is 1.32 bits per heavy atom. The second kappa shape index (κ2) is 12.7. The van der Waals surface area contributed by atoms with Crippen LogP contribution in [0.4, 0.5) is 4.79 Å². The number of hydrogen-bond donors (Lipinski definition) is 2. The Morgan fingerprint density at radius 2 is 2.00 bits per heavy atom. The molecule has 1 heterocycles. The number of carbonyl (C=O) groups is 1. The first-order valence-electron chi connectivity index (χ1n) is 9.71. The van der Waals surface area contributed by atoms with Gasteiger partial charge in [-0.2, -0.15) is 0 Å². The Hall–Kier alpha value is -1.71. The summed E-state index contributed by atoms with van der Waals surface area (Å²) in [6.07, 6.45) is 1.41. The zero-order valence-corrected chi connectivity index (χ0v) is 19.3. The number of para-hydroxylation sites is 1. The normalized spacial score (nSPS) is 15.1. The summed E-state index contributed by atoms with van der Waals surface area (Å²) in [6.45, 7) is 8.82. The molecule has 0 atom stereocenters. The maximum absolute atomic E-state index is 11.7. The molecule has 1 fully saturated rings. The number of aliphatic imine (C=N–C) groups is 1. The molecule has 1 aliphatic rings. The van der Waals surface area contributed by atoms with E-state index in [4.69, 9.17) is 15.2 Å². The van der Waals surface area contributed by atoms with Crippen molar-refractivity contribution in [2.45, 2.75) is 45.6 Å². The van der Waals surface area contributed by atoms with Crippen LogP contribution >= 0.6 is 24.0 Å². The summed E-state index contributed by atoms with van der Waals surface area (Å²) in [5.41, 5.74) is 7.18. The van der Waals surface area contributed by atoms with Gasteiger partial charge in [0.1, 0.15) is 12.4 Å². The molecule has 1 amide bonds. The first-order chi connectivity index (χ1) is 13.0. The predicted octanol–water partition coefficient (Wildman–Crippen LogP) is 3.33. The van der Waals surface area contributed by atoms with Crippen molar-refractivity contribution < 1.29 is 14.3 Å². The van der Waals surface area contributed by atoms with Gasteiger partial charge in [0.15, 0.2) is 5.96 Å². The highest BCUT2D eigenvalue weighted by molar-refractivity contribution is 14.0. The van der Waals surface area contributed by atoms with E-state index < -0.39 is 0 Å². The average Bonchev–Trinajstić information content (AvgIpc) is 2.66. The number of likely N-dealkylation sites (tertiary alicyclic amines) is 1. The lowest BCUT2D eigenvalue weighted by Crippen LogP contribution is -2.48. The van der Waals surface area contributed by atoms with Gasteiger partial charge in [-0.05, 0) is 37.3 Å². The maximum atomic E-state index is 11.7. The van der Waals surface area contributed by atoms with Gasteiger partial charge in [-0.25, -0.2) is 9.79 Å². The molecule has 0 aliphatic carbocycles. The molecule has 0 saturated carbocycles. The van der Waals surface area contributed by atoms with Crippen molar-refractivity contribution in [3.8, 4) is 5.75 Å². The van der Waals surface area contributed by atoms with Crippen LogP contribution in [0.3, 0.4) is 0 Å². The van der Waals surface area contributed by atoms with Crippen LogP contribution in [0.1, 0.15) is 45.1 Å². The number of rotatable bonds is 7. The molecule has 0 bridgehead atoms. The van der Waals surface area contributed by atoms with E-state index in [9.17, 15) is 4.79 Å². The smallest absolute Gasteiger partial charge is 0.409 e. The lowest BCUT2D eigenvalue weighted by Gasteiger charge is -2.31. The van der Waals surface area contributed by atoms with Gasteiger partial charge in [-0.1, -0.05) is 32.0 Å². The quantitative estimate of drug-likeness (QED) is 0.258. The molecule has 0 unspecified atom stereocenters. The fourth-order valence-corrected chi connectivity index (χ4v) is 3.09. The molecule has 158 valence electrons. The van der Waals surface area contributed by atoms with Crippen molar-refractivity contribution in [1.82, 2.24) is 10.2 Å². The number of halogens is 1. The minimum absolute atomic E-state index is 0. The number of nitrogens with two attached hydrogens (primary N) is 1. The first-order valence-corrected chi connectivity index (χ1v) is 9.71. The summed E-state index contributed by atoms with van der Waals surface area (Å²) >= 11 is 0. The zero-order valence-electron chi connectivity index (χ0n) is 17.0. The number of nitrogens with zero attached hydrogens (tertiary/aromatic N) is 2. The highest BCUT2D eigenvalue weighted by Crippen LogP contribution is 2.25. The third kappa shape index (κ3) is 7.73. The fourth-order valence-electron chi connectivity index (χ4n) is 3.09. The molecule has 1 aromatic carbocycles. The summed E-state index contributed by atoms with van der Waals surface area (Å²) in [7, 11) is 0. The largest absolute Gasteiger partial charge is 0.491 e. The summed E-state index contributed by atoms with van der Waals surface area (Å²) in [5, 5.41) is 3.23. The van der Waals surface area contributed by atoms with E-state index in [0.29, 0.717) is 44.7 Å². The molecule has 28 heavy (non-hydrogen) atoms. The van der Waals surface area contributed by atoms with E-state index in [-0.39, 0.29) is 36.1 Å². The second-order valence-corrected chi connectivity index (χ2v) is 6.91. The van der Waals surface area contributed by atoms with Gasteiger partial charge in [0.05, 0.1) is 13.2 Å². The lowest BCUT2D eigenvalue weighted by molar-refractivity contribution is 0.0963. The lowest BCUT2D eigenvalue weighted by atomic mass is 10.0. The van der Waals surface area contributed by atoms with Crippen LogP contribution in [-0.2, 0) is 4.74 Å². The molecular formula is C20H33IN4O3. The number of ether oxygens (including phenoxy) is 2. The van der Waals surface area contributed by atoms with Gasteiger partial charge in [-0.15, -0.1) is 24.0 Å². The summed E-state index contributed by atoms with van der Waals surface area (Å²) in [5.74, 6) is 1.74. The predicted molar refractivity (Wildman–Crippen MR) is 123 cm³/mol. The SMILES string of the molecule is CCOC(=O)N1CCC(NC(N)=NCCOc2ccccc2C(C)C)CC1.I. The van der Waals surface area contributed by atoms with Crippen molar-refractivity contribution in [3.63, 3.8) is 0 Å². The third-order valence-electron chi connectivity index (χ3n) is 4.54. The zero-order chi connectivity index (χ0) is 19.6. The molecular weight excluding hydrogens is 471 g/mol. The van der Waals surface area contributed by atoms with Crippen molar-refractivity contribution in [3.05, 3.63) is 29.8 Å². The van der Waals surface area contributed by atoms with Crippen LogP contribution < -0.4 is 15.8 Å². The van der Waals surface area contributed by atoms with Gasteiger partial charge in [0.2, 0.25) is 0 Å². The monoisotopic (exact) mass is 504 g/mol. The molecule has 2 rings (SSSR count). The van der Waals surface area contributed by atoms with Crippen LogP contribution in [0.2, 0.25) is 0 Å².